The largest absolute Gasteiger partial charge is 0.497 e. The van der Waals surface area contributed by atoms with Crippen molar-refractivity contribution in [3.63, 3.8) is 0 Å². The summed E-state index contributed by atoms with van der Waals surface area (Å²) in [6, 6.07) is 7.09. The summed E-state index contributed by atoms with van der Waals surface area (Å²) >= 11 is 0. The highest BCUT2D eigenvalue weighted by Gasteiger charge is 2.11. The lowest BCUT2D eigenvalue weighted by atomic mass is 10.2. The Morgan fingerprint density at radius 3 is 2.52 bits per heavy atom. The third kappa shape index (κ3) is 5.53. The average Bonchev–Trinajstić information content (AvgIpc) is 2.53. The minimum Gasteiger partial charge on any atom is -0.497 e. The van der Waals surface area contributed by atoms with E-state index in [1.54, 1.807) is 48.6 Å². The molecule has 1 aromatic carbocycles. The number of rotatable bonds is 7. The van der Waals surface area contributed by atoms with Gasteiger partial charge in [0.25, 0.3) is 5.91 Å². The van der Waals surface area contributed by atoms with Gasteiger partial charge in [-0.05, 0) is 31.2 Å². The van der Waals surface area contributed by atoms with Gasteiger partial charge in [0.15, 0.2) is 0 Å². The predicted octanol–water partition coefficient (Wildman–Crippen LogP) is 3.97. The van der Waals surface area contributed by atoms with Crippen LogP contribution >= 0.6 is 0 Å². The van der Waals surface area contributed by atoms with Crippen LogP contribution < -0.4 is 4.74 Å². The number of carbonyl (C=O) groups excluding carboxylic acids is 1. The Bertz CT molecular complexity index is 539. The standard InChI is InChI=1S/C18H21NO2/c1-4-6-7-8-9-15-19(14-5-2)18(20)16-10-12-17(21-3)13-11-16/h4-14H,1,15H2,2-3H3/b7-6-,9-8-,14-5+. The molecule has 0 atom stereocenters. The number of amides is 1. The zero-order chi connectivity index (χ0) is 15.5. The Morgan fingerprint density at radius 1 is 1.24 bits per heavy atom. The van der Waals surface area contributed by atoms with Crippen LogP contribution in [0.2, 0.25) is 0 Å². The second-order valence-corrected chi connectivity index (χ2v) is 4.22. The lowest BCUT2D eigenvalue weighted by molar-refractivity contribution is 0.0835. The summed E-state index contributed by atoms with van der Waals surface area (Å²) in [5, 5.41) is 0. The fourth-order valence-electron chi connectivity index (χ4n) is 1.69. The van der Waals surface area contributed by atoms with Crippen LogP contribution in [0.15, 0.2) is 73.5 Å². The Kier molecular flexibility index (Phi) is 7.36. The maximum Gasteiger partial charge on any atom is 0.258 e. The van der Waals surface area contributed by atoms with Crippen LogP contribution in [-0.4, -0.2) is 24.5 Å². The number of ether oxygens (including phenoxy) is 1. The monoisotopic (exact) mass is 283 g/mol. The van der Waals surface area contributed by atoms with E-state index >= 15 is 0 Å². The number of allylic oxidation sites excluding steroid dienone is 5. The first-order valence-electron chi connectivity index (χ1n) is 6.75. The molecule has 0 bridgehead atoms. The number of nitrogens with zero attached hydrogens (tertiary/aromatic N) is 1. The first-order valence-corrected chi connectivity index (χ1v) is 6.75. The molecule has 1 amide bonds. The highest BCUT2D eigenvalue weighted by Crippen LogP contribution is 2.13. The van der Waals surface area contributed by atoms with Crippen LogP contribution in [0.4, 0.5) is 0 Å². The molecule has 1 aromatic rings. The van der Waals surface area contributed by atoms with E-state index in [1.807, 2.05) is 37.3 Å². The maximum atomic E-state index is 12.4. The topological polar surface area (TPSA) is 29.5 Å². The fourth-order valence-corrected chi connectivity index (χ4v) is 1.69. The molecule has 0 aliphatic rings. The summed E-state index contributed by atoms with van der Waals surface area (Å²) in [4.78, 5) is 14.1. The van der Waals surface area contributed by atoms with Crippen molar-refractivity contribution in [3.8, 4) is 5.75 Å². The highest BCUT2D eigenvalue weighted by atomic mass is 16.5. The molecular formula is C18H21NO2. The number of benzene rings is 1. The van der Waals surface area contributed by atoms with Crippen molar-refractivity contribution >= 4 is 5.91 Å². The molecule has 3 heteroatoms. The second-order valence-electron chi connectivity index (χ2n) is 4.22. The Morgan fingerprint density at radius 2 is 1.95 bits per heavy atom. The Balaban J connectivity index is 2.78. The lowest BCUT2D eigenvalue weighted by Crippen LogP contribution is -2.25. The van der Waals surface area contributed by atoms with E-state index in [-0.39, 0.29) is 5.91 Å². The van der Waals surface area contributed by atoms with Crippen LogP contribution in [-0.2, 0) is 0 Å². The maximum absolute atomic E-state index is 12.4. The van der Waals surface area contributed by atoms with Gasteiger partial charge >= 0.3 is 0 Å². The van der Waals surface area contributed by atoms with Gasteiger partial charge in [-0.25, -0.2) is 0 Å². The van der Waals surface area contributed by atoms with Gasteiger partial charge in [0.1, 0.15) is 5.75 Å². The normalized spacial score (nSPS) is 11.3. The van der Waals surface area contributed by atoms with Crippen molar-refractivity contribution in [1.29, 1.82) is 0 Å². The molecule has 3 nitrogen and oxygen atoms in total. The van der Waals surface area contributed by atoms with Gasteiger partial charge in [-0.3, -0.25) is 4.79 Å². The predicted molar refractivity (Wildman–Crippen MR) is 87.3 cm³/mol. The van der Waals surface area contributed by atoms with Crippen LogP contribution in [0.5, 0.6) is 5.75 Å². The molecule has 110 valence electrons. The summed E-state index contributed by atoms with van der Waals surface area (Å²) < 4.78 is 5.09. The molecule has 0 N–H and O–H groups in total. The molecule has 0 fully saturated rings. The van der Waals surface area contributed by atoms with Gasteiger partial charge < -0.3 is 9.64 Å². The number of carbonyl (C=O) groups is 1. The molecule has 0 heterocycles. The molecule has 1 rings (SSSR count). The fraction of sp³-hybridized carbons (Fsp3) is 0.167. The first kappa shape index (κ1) is 16.5. The number of hydrogen-bond acceptors (Lipinski definition) is 2. The van der Waals surface area contributed by atoms with Crippen molar-refractivity contribution < 1.29 is 9.53 Å². The van der Waals surface area contributed by atoms with E-state index < -0.39 is 0 Å². The Labute approximate surface area is 126 Å². The quantitative estimate of drug-likeness (QED) is 0.709. The first-order chi connectivity index (χ1) is 10.2. The van der Waals surface area contributed by atoms with Gasteiger partial charge in [-0.1, -0.05) is 43.0 Å². The van der Waals surface area contributed by atoms with E-state index in [1.165, 1.54) is 0 Å². The third-order valence-corrected chi connectivity index (χ3v) is 2.72. The van der Waals surface area contributed by atoms with Gasteiger partial charge in [-0.15, -0.1) is 0 Å². The molecule has 0 spiro atoms. The Hall–Kier alpha value is -2.55. The molecule has 0 aliphatic heterocycles. The molecule has 21 heavy (non-hydrogen) atoms. The van der Waals surface area contributed by atoms with E-state index in [9.17, 15) is 4.79 Å². The van der Waals surface area contributed by atoms with Gasteiger partial charge in [0.05, 0.1) is 7.11 Å². The van der Waals surface area contributed by atoms with E-state index in [4.69, 9.17) is 4.74 Å². The van der Waals surface area contributed by atoms with Crippen molar-refractivity contribution in [2.45, 2.75) is 6.92 Å². The second kappa shape index (κ2) is 9.37. The van der Waals surface area contributed by atoms with Crippen LogP contribution in [0.1, 0.15) is 17.3 Å². The van der Waals surface area contributed by atoms with Crippen molar-refractivity contribution in [1.82, 2.24) is 4.90 Å². The van der Waals surface area contributed by atoms with E-state index in [2.05, 4.69) is 6.58 Å². The molecule has 0 unspecified atom stereocenters. The van der Waals surface area contributed by atoms with Crippen LogP contribution in [0.25, 0.3) is 0 Å². The summed E-state index contributed by atoms with van der Waals surface area (Å²) in [5.74, 6) is 0.687. The molecule has 0 saturated carbocycles. The van der Waals surface area contributed by atoms with Crippen molar-refractivity contribution in [3.05, 3.63) is 79.1 Å². The van der Waals surface area contributed by atoms with Gasteiger partial charge in [-0.2, -0.15) is 0 Å². The molecule has 0 saturated heterocycles. The summed E-state index contributed by atoms with van der Waals surface area (Å²) in [7, 11) is 1.60. The minimum absolute atomic E-state index is 0.0481. The highest BCUT2D eigenvalue weighted by molar-refractivity contribution is 5.95. The molecule has 0 radical (unpaired) electrons. The van der Waals surface area contributed by atoms with Gasteiger partial charge in [0, 0.05) is 18.3 Å². The SMILES string of the molecule is C=C/C=C\C=C/CN(/C=C/C)C(=O)c1ccc(OC)cc1. The number of methoxy groups -OCH3 is 1. The number of hydrogen-bond donors (Lipinski definition) is 0. The molecule has 0 aromatic heterocycles. The van der Waals surface area contributed by atoms with Crippen molar-refractivity contribution in [2.24, 2.45) is 0 Å². The molecule has 0 aliphatic carbocycles. The molecular weight excluding hydrogens is 262 g/mol. The van der Waals surface area contributed by atoms with Gasteiger partial charge in [0.2, 0.25) is 0 Å². The van der Waals surface area contributed by atoms with Crippen molar-refractivity contribution in [2.75, 3.05) is 13.7 Å². The van der Waals surface area contributed by atoms with Crippen LogP contribution in [0.3, 0.4) is 0 Å². The zero-order valence-corrected chi connectivity index (χ0v) is 12.5. The third-order valence-electron chi connectivity index (χ3n) is 2.72. The van der Waals surface area contributed by atoms with E-state index in [0.29, 0.717) is 12.1 Å². The summed E-state index contributed by atoms with van der Waals surface area (Å²) in [6.07, 6.45) is 12.8. The summed E-state index contributed by atoms with van der Waals surface area (Å²) in [5.41, 5.74) is 0.629. The zero-order valence-electron chi connectivity index (χ0n) is 12.5. The minimum atomic E-state index is -0.0481. The van der Waals surface area contributed by atoms with E-state index in [0.717, 1.165) is 5.75 Å². The lowest BCUT2D eigenvalue weighted by Gasteiger charge is -2.16. The smallest absolute Gasteiger partial charge is 0.258 e. The summed E-state index contributed by atoms with van der Waals surface area (Å²) in [6.45, 7) is 5.99. The average molecular weight is 283 g/mol. The van der Waals surface area contributed by atoms with Crippen LogP contribution in [0, 0.1) is 0 Å².